The molecule has 1 aliphatic heterocycles. The molecule has 4 heteroatoms. The first kappa shape index (κ1) is 13.1. The van der Waals surface area contributed by atoms with Gasteiger partial charge in [-0.15, -0.1) is 0 Å². The zero-order valence-corrected chi connectivity index (χ0v) is 10.2. The number of nitrogens with zero attached hydrogens (tertiary/aromatic N) is 1. The molecule has 2 rings (SSSR count). The van der Waals surface area contributed by atoms with Crippen molar-refractivity contribution < 1.29 is 13.9 Å². The Bertz CT molecular complexity index is 602. The van der Waals surface area contributed by atoms with Crippen LogP contribution in [-0.2, 0) is 6.54 Å². The molecule has 1 N–H and O–H groups in total. The minimum absolute atomic E-state index is 0.0790. The Morgan fingerprint density at radius 1 is 1.26 bits per heavy atom. The molecule has 0 fully saturated rings. The number of hydrogen-bond acceptors (Lipinski definition) is 2. The van der Waals surface area contributed by atoms with Crippen LogP contribution in [0.3, 0.4) is 0 Å². The van der Waals surface area contributed by atoms with Crippen LogP contribution in [0.15, 0.2) is 66.7 Å². The summed E-state index contributed by atoms with van der Waals surface area (Å²) in [4.78, 5) is 1.73. The number of allylic oxidation sites excluding steroid dienone is 2. The lowest BCUT2D eigenvalue weighted by Gasteiger charge is -2.26. The number of benzene rings is 1. The monoisotopic (exact) mass is 261 g/mol. The molecular formula is C15H13F2NO. The van der Waals surface area contributed by atoms with Gasteiger partial charge < -0.3 is 10.0 Å². The molecule has 1 aliphatic rings. The van der Waals surface area contributed by atoms with Gasteiger partial charge in [0.25, 0.3) is 0 Å². The number of aliphatic hydroxyl groups excluding tert-OH is 1. The minimum atomic E-state index is -0.883. The SMILES string of the molecule is C=C(O)C1=CC=CN(Cc2ccc(F)c(F)c2)C1=C. The number of halogens is 2. The molecule has 0 radical (unpaired) electrons. The summed E-state index contributed by atoms with van der Waals surface area (Å²) in [5.41, 5.74) is 1.68. The molecule has 0 aromatic heterocycles. The fraction of sp³-hybridized carbons (Fsp3) is 0.0667. The molecule has 1 aromatic rings. The summed E-state index contributed by atoms with van der Waals surface area (Å²) in [7, 11) is 0. The summed E-state index contributed by atoms with van der Waals surface area (Å²) in [6.07, 6.45) is 5.16. The van der Waals surface area contributed by atoms with Crippen LogP contribution >= 0.6 is 0 Å². The smallest absolute Gasteiger partial charge is 0.159 e. The molecule has 0 atom stereocenters. The Balaban J connectivity index is 2.18. The van der Waals surface area contributed by atoms with Crippen LogP contribution in [0.2, 0.25) is 0 Å². The van der Waals surface area contributed by atoms with E-state index in [0.717, 1.165) is 12.1 Å². The van der Waals surface area contributed by atoms with E-state index >= 15 is 0 Å². The molecule has 0 bridgehead atoms. The summed E-state index contributed by atoms with van der Waals surface area (Å²) < 4.78 is 26.0. The van der Waals surface area contributed by atoms with Gasteiger partial charge in [-0.25, -0.2) is 8.78 Å². The van der Waals surface area contributed by atoms with Crippen molar-refractivity contribution in [1.82, 2.24) is 4.90 Å². The van der Waals surface area contributed by atoms with Gasteiger partial charge >= 0.3 is 0 Å². The Labute approximate surface area is 110 Å². The topological polar surface area (TPSA) is 23.5 Å². The third-order valence-corrected chi connectivity index (χ3v) is 2.83. The van der Waals surface area contributed by atoms with Gasteiger partial charge in [-0.05, 0) is 29.8 Å². The van der Waals surface area contributed by atoms with Crippen LogP contribution in [0.4, 0.5) is 8.78 Å². The van der Waals surface area contributed by atoms with Crippen LogP contribution < -0.4 is 0 Å². The highest BCUT2D eigenvalue weighted by molar-refractivity contribution is 5.45. The van der Waals surface area contributed by atoms with Gasteiger partial charge in [0, 0.05) is 24.0 Å². The molecular weight excluding hydrogens is 248 g/mol. The molecule has 19 heavy (non-hydrogen) atoms. The minimum Gasteiger partial charge on any atom is -0.508 e. The molecule has 1 heterocycles. The van der Waals surface area contributed by atoms with Crippen LogP contribution in [0.5, 0.6) is 0 Å². The number of aliphatic hydroxyl groups is 1. The van der Waals surface area contributed by atoms with E-state index in [2.05, 4.69) is 13.2 Å². The molecule has 0 aliphatic carbocycles. The van der Waals surface area contributed by atoms with E-state index < -0.39 is 11.6 Å². The van der Waals surface area contributed by atoms with Gasteiger partial charge in [0.1, 0.15) is 5.76 Å². The molecule has 1 aromatic carbocycles. The average molecular weight is 261 g/mol. The van der Waals surface area contributed by atoms with Crippen molar-refractivity contribution in [1.29, 1.82) is 0 Å². The maximum atomic E-state index is 13.1. The Kier molecular flexibility index (Phi) is 3.51. The predicted octanol–water partition coefficient (Wildman–Crippen LogP) is 3.81. The van der Waals surface area contributed by atoms with Crippen molar-refractivity contribution in [3.8, 4) is 0 Å². The van der Waals surface area contributed by atoms with E-state index in [-0.39, 0.29) is 5.76 Å². The van der Waals surface area contributed by atoms with Crippen molar-refractivity contribution in [2.45, 2.75) is 6.54 Å². The summed E-state index contributed by atoms with van der Waals surface area (Å²) >= 11 is 0. The summed E-state index contributed by atoms with van der Waals surface area (Å²) in [6, 6.07) is 3.73. The van der Waals surface area contributed by atoms with E-state index in [9.17, 15) is 13.9 Å². The van der Waals surface area contributed by atoms with Crippen molar-refractivity contribution in [3.63, 3.8) is 0 Å². The first-order chi connectivity index (χ1) is 8.99. The standard InChI is InChI=1S/C15H13F2NO/c1-10-13(11(2)19)4-3-7-18(10)9-12-5-6-14(16)15(17)8-12/h3-8,19H,1-2,9H2. The maximum absolute atomic E-state index is 13.1. The highest BCUT2D eigenvalue weighted by Gasteiger charge is 2.15. The van der Waals surface area contributed by atoms with E-state index in [1.165, 1.54) is 6.07 Å². The van der Waals surface area contributed by atoms with E-state index in [1.54, 1.807) is 23.3 Å². The third kappa shape index (κ3) is 2.73. The first-order valence-corrected chi connectivity index (χ1v) is 5.65. The number of hydrogen-bond donors (Lipinski definition) is 1. The van der Waals surface area contributed by atoms with Crippen LogP contribution in [0, 0.1) is 11.6 Å². The van der Waals surface area contributed by atoms with Gasteiger partial charge in [-0.2, -0.15) is 0 Å². The lowest BCUT2D eigenvalue weighted by Crippen LogP contribution is -2.19. The van der Waals surface area contributed by atoms with Crippen molar-refractivity contribution in [3.05, 3.63) is 83.9 Å². The summed E-state index contributed by atoms with van der Waals surface area (Å²) in [5.74, 6) is -1.84. The van der Waals surface area contributed by atoms with E-state index in [4.69, 9.17) is 0 Å². The largest absolute Gasteiger partial charge is 0.508 e. The van der Waals surface area contributed by atoms with Crippen LogP contribution in [-0.4, -0.2) is 10.0 Å². The van der Waals surface area contributed by atoms with Crippen molar-refractivity contribution >= 4 is 0 Å². The van der Waals surface area contributed by atoms with Crippen molar-refractivity contribution in [2.24, 2.45) is 0 Å². The summed E-state index contributed by atoms with van der Waals surface area (Å²) in [6.45, 7) is 7.64. The lowest BCUT2D eigenvalue weighted by atomic mass is 10.1. The molecule has 0 saturated carbocycles. The van der Waals surface area contributed by atoms with E-state index in [0.29, 0.717) is 23.4 Å². The molecule has 2 nitrogen and oxygen atoms in total. The fourth-order valence-corrected chi connectivity index (χ4v) is 1.83. The van der Waals surface area contributed by atoms with E-state index in [1.807, 2.05) is 0 Å². The maximum Gasteiger partial charge on any atom is 0.159 e. The van der Waals surface area contributed by atoms with Gasteiger partial charge in [0.2, 0.25) is 0 Å². The van der Waals surface area contributed by atoms with Crippen LogP contribution in [0.25, 0.3) is 0 Å². The molecule has 0 amide bonds. The zero-order valence-electron chi connectivity index (χ0n) is 10.2. The third-order valence-electron chi connectivity index (χ3n) is 2.83. The average Bonchev–Trinajstić information content (AvgIpc) is 2.36. The predicted molar refractivity (Wildman–Crippen MR) is 70.0 cm³/mol. The second-order valence-corrected chi connectivity index (χ2v) is 4.19. The Morgan fingerprint density at radius 3 is 2.63 bits per heavy atom. The molecule has 98 valence electrons. The molecule has 0 unspecified atom stereocenters. The Morgan fingerprint density at radius 2 is 2.00 bits per heavy atom. The molecule has 0 spiro atoms. The lowest BCUT2D eigenvalue weighted by molar-refractivity contribution is 0.405. The second-order valence-electron chi connectivity index (χ2n) is 4.19. The van der Waals surface area contributed by atoms with Crippen LogP contribution in [0.1, 0.15) is 5.56 Å². The fourth-order valence-electron chi connectivity index (χ4n) is 1.83. The van der Waals surface area contributed by atoms with Gasteiger partial charge in [0.05, 0.1) is 0 Å². The first-order valence-electron chi connectivity index (χ1n) is 5.65. The highest BCUT2D eigenvalue weighted by atomic mass is 19.2. The van der Waals surface area contributed by atoms with Crippen molar-refractivity contribution in [2.75, 3.05) is 0 Å². The van der Waals surface area contributed by atoms with Gasteiger partial charge in [-0.1, -0.05) is 19.2 Å². The second kappa shape index (κ2) is 5.10. The molecule has 0 saturated heterocycles. The zero-order chi connectivity index (χ0) is 14.0. The Hall–Kier alpha value is -2.36. The highest BCUT2D eigenvalue weighted by Crippen LogP contribution is 2.25. The summed E-state index contributed by atoms with van der Waals surface area (Å²) in [5, 5.41) is 9.42. The normalized spacial score (nSPS) is 14.5. The van der Waals surface area contributed by atoms with Gasteiger partial charge in [-0.3, -0.25) is 0 Å². The number of rotatable bonds is 3. The quantitative estimate of drug-likeness (QED) is 0.836. The van der Waals surface area contributed by atoms with Gasteiger partial charge in [0.15, 0.2) is 11.6 Å².